The number of aromatic nitrogens is 2. The third-order valence-corrected chi connectivity index (χ3v) is 5.57. The van der Waals surface area contributed by atoms with Crippen LogP contribution in [0.5, 0.6) is 5.75 Å². The summed E-state index contributed by atoms with van der Waals surface area (Å²) in [5.74, 6) is 0.466. The van der Waals surface area contributed by atoms with Crippen LogP contribution in [0.1, 0.15) is 32.9 Å². The van der Waals surface area contributed by atoms with Crippen LogP contribution in [0, 0.1) is 20.8 Å². The summed E-state index contributed by atoms with van der Waals surface area (Å²) in [4.78, 5) is 12.7. The summed E-state index contributed by atoms with van der Waals surface area (Å²) in [5.41, 5.74) is 5.33. The van der Waals surface area contributed by atoms with E-state index in [4.69, 9.17) is 4.74 Å². The molecule has 0 saturated heterocycles. The van der Waals surface area contributed by atoms with Crippen molar-refractivity contribution < 1.29 is 9.53 Å². The highest BCUT2D eigenvalue weighted by atomic mass is 79.9. The van der Waals surface area contributed by atoms with Crippen LogP contribution in [-0.4, -0.2) is 22.8 Å². The molecular weight excluding hydrogens is 406 g/mol. The van der Waals surface area contributed by atoms with Crippen LogP contribution < -0.4 is 10.1 Å². The number of halogens is 1. The number of carbonyl (C=O) groups is 1. The summed E-state index contributed by atoms with van der Waals surface area (Å²) in [6.45, 7) is 6.56. The average Bonchev–Trinajstić information content (AvgIpc) is 2.89. The second-order valence-electron chi connectivity index (χ2n) is 6.50. The molecule has 0 unspecified atom stereocenters. The summed E-state index contributed by atoms with van der Waals surface area (Å²) >= 11 is 3.55. The number of hydrogen-bond donors (Lipinski definition) is 1. The zero-order chi connectivity index (χ0) is 19.6. The number of ether oxygens (including phenoxy) is 1. The van der Waals surface area contributed by atoms with Gasteiger partial charge in [0.05, 0.1) is 35.2 Å². The monoisotopic (exact) mass is 427 g/mol. The summed E-state index contributed by atoms with van der Waals surface area (Å²) in [6, 6.07) is 13.3. The lowest BCUT2D eigenvalue weighted by Crippen LogP contribution is -2.13. The lowest BCUT2D eigenvalue weighted by Gasteiger charge is -2.12. The van der Waals surface area contributed by atoms with Gasteiger partial charge in [-0.05, 0) is 72.1 Å². The van der Waals surface area contributed by atoms with Crippen LogP contribution in [0.4, 0.5) is 5.69 Å². The maximum Gasteiger partial charge on any atom is 0.255 e. The maximum absolute atomic E-state index is 12.7. The van der Waals surface area contributed by atoms with Gasteiger partial charge in [-0.25, -0.2) is 0 Å². The lowest BCUT2D eigenvalue weighted by atomic mass is 10.1. The molecule has 0 aliphatic rings. The molecule has 3 rings (SSSR count). The number of nitrogens with one attached hydrogen (secondary N) is 1. The van der Waals surface area contributed by atoms with Crippen molar-refractivity contribution in [2.75, 3.05) is 12.4 Å². The SMILES string of the molecule is COc1ccc(C)cc1NC(=O)c1cccc(Cn2nc(C)c(Br)c2C)c1. The molecule has 5 nitrogen and oxygen atoms in total. The zero-order valence-corrected chi connectivity index (χ0v) is 17.4. The van der Waals surface area contributed by atoms with Gasteiger partial charge in [0.15, 0.2) is 0 Å². The number of benzene rings is 2. The molecule has 0 bridgehead atoms. The highest BCUT2D eigenvalue weighted by Gasteiger charge is 2.12. The van der Waals surface area contributed by atoms with E-state index in [1.54, 1.807) is 13.2 Å². The quantitative estimate of drug-likeness (QED) is 0.630. The number of anilines is 1. The molecular formula is C21H22BrN3O2. The number of amides is 1. The van der Waals surface area contributed by atoms with Gasteiger partial charge < -0.3 is 10.1 Å². The molecule has 1 heterocycles. The number of rotatable bonds is 5. The molecule has 1 N–H and O–H groups in total. The molecule has 1 aromatic heterocycles. The van der Waals surface area contributed by atoms with Crippen molar-refractivity contribution in [3.05, 3.63) is 75.0 Å². The van der Waals surface area contributed by atoms with Gasteiger partial charge in [-0.2, -0.15) is 5.10 Å². The normalized spacial score (nSPS) is 10.7. The predicted octanol–water partition coefficient (Wildman–Crippen LogP) is 4.88. The van der Waals surface area contributed by atoms with Crippen molar-refractivity contribution in [3.63, 3.8) is 0 Å². The average molecular weight is 428 g/mol. The largest absolute Gasteiger partial charge is 0.495 e. The first kappa shape index (κ1) is 19.2. The molecule has 0 aliphatic carbocycles. The van der Waals surface area contributed by atoms with E-state index in [9.17, 15) is 4.79 Å². The van der Waals surface area contributed by atoms with Gasteiger partial charge in [-0.1, -0.05) is 18.2 Å². The van der Waals surface area contributed by atoms with Crippen LogP contribution in [0.3, 0.4) is 0 Å². The highest BCUT2D eigenvalue weighted by Crippen LogP contribution is 2.26. The van der Waals surface area contributed by atoms with Crippen molar-refractivity contribution in [3.8, 4) is 5.75 Å². The minimum atomic E-state index is -0.171. The maximum atomic E-state index is 12.7. The number of carbonyl (C=O) groups excluding carboxylic acids is 1. The van der Waals surface area contributed by atoms with Crippen molar-refractivity contribution >= 4 is 27.5 Å². The molecule has 0 fully saturated rings. The zero-order valence-electron chi connectivity index (χ0n) is 15.8. The second-order valence-corrected chi connectivity index (χ2v) is 7.29. The van der Waals surface area contributed by atoms with Gasteiger partial charge in [0.2, 0.25) is 0 Å². The first-order valence-electron chi connectivity index (χ1n) is 8.63. The molecule has 0 atom stereocenters. The first-order chi connectivity index (χ1) is 12.9. The van der Waals surface area contributed by atoms with Crippen molar-refractivity contribution in [2.24, 2.45) is 0 Å². The van der Waals surface area contributed by atoms with Gasteiger partial charge in [-0.15, -0.1) is 0 Å². The lowest BCUT2D eigenvalue weighted by molar-refractivity contribution is 0.102. The summed E-state index contributed by atoms with van der Waals surface area (Å²) < 4.78 is 8.28. The van der Waals surface area contributed by atoms with E-state index < -0.39 is 0 Å². The molecule has 6 heteroatoms. The summed E-state index contributed by atoms with van der Waals surface area (Å²) in [6.07, 6.45) is 0. The number of hydrogen-bond acceptors (Lipinski definition) is 3. The Labute approximate surface area is 167 Å². The first-order valence-corrected chi connectivity index (χ1v) is 9.42. The van der Waals surface area contributed by atoms with Gasteiger partial charge in [0.1, 0.15) is 5.75 Å². The Morgan fingerprint density at radius 2 is 1.96 bits per heavy atom. The van der Waals surface area contributed by atoms with Crippen molar-refractivity contribution in [1.82, 2.24) is 9.78 Å². The molecule has 3 aromatic rings. The van der Waals surface area contributed by atoms with Gasteiger partial charge in [0.25, 0.3) is 5.91 Å². The van der Waals surface area contributed by atoms with Crippen LogP contribution in [0.25, 0.3) is 0 Å². The standard InChI is InChI=1S/C21H22BrN3O2/c1-13-8-9-19(27-4)18(10-13)23-21(26)17-7-5-6-16(11-17)12-25-15(3)20(22)14(2)24-25/h5-11H,12H2,1-4H3,(H,23,26). The molecule has 0 spiro atoms. The molecule has 27 heavy (non-hydrogen) atoms. The Morgan fingerprint density at radius 3 is 2.63 bits per heavy atom. The van der Waals surface area contributed by atoms with E-state index in [1.807, 2.05) is 61.9 Å². The Balaban J connectivity index is 1.82. The van der Waals surface area contributed by atoms with E-state index >= 15 is 0 Å². The van der Waals surface area contributed by atoms with E-state index in [0.29, 0.717) is 23.5 Å². The van der Waals surface area contributed by atoms with Crippen molar-refractivity contribution in [1.29, 1.82) is 0 Å². The van der Waals surface area contributed by atoms with Crippen LogP contribution in [-0.2, 0) is 6.54 Å². The molecule has 0 aliphatic heterocycles. The number of aryl methyl sites for hydroxylation is 2. The summed E-state index contributed by atoms with van der Waals surface area (Å²) in [5, 5.41) is 7.47. The van der Waals surface area contributed by atoms with Crippen LogP contribution in [0.2, 0.25) is 0 Å². The van der Waals surface area contributed by atoms with Gasteiger partial charge in [0, 0.05) is 5.56 Å². The molecule has 140 valence electrons. The third-order valence-electron chi connectivity index (χ3n) is 4.42. The molecule has 2 aromatic carbocycles. The molecule has 0 radical (unpaired) electrons. The third kappa shape index (κ3) is 4.22. The Hall–Kier alpha value is -2.60. The van der Waals surface area contributed by atoms with E-state index in [-0.39, 0.29) is 5.91 Å². The summed E-state index contributed by atoms with van der Waals surface area (Å²) in [7, 11) is 1.59. The molecule has 0 saturated carbocycles. The Bertz CT molecular complexity index is 995. The number of methoxy groups -OCH3 is 1. The van der Waals surface area contributed by atoms with Gasteiger partial charge >= 0.3 is 0 Å². The fraction of sp³-hybridized carbons (Fsp3) is 0.238. The van der Waals surface area contributed by atoms with E-state index in [0.717, 1.165) is 27.0 Å². The topological polar surface area (TPSA) is 56.1 Å². The fourth-order valence-corrected chi connectivity index (χ4v) is 3.21. The number of nitrogens with zero attached hydrogens (tertiary/aromatic N) is 2. The van der Waals surface area contributed by atoms with Crippen LogP contribution >= 0.6 is 15.9 Å². The van der Waals surface area contributed by atoms with E-state index in [2.05, 4.69) is 26.3 Å². The van der Waals surface area contributed by atoms with Gasteiger partial charge in [-0.3, -0.25) is 9.48 Å². The predicted molar refractivity (Wildman–Crippen MR) is 111 cm³/mol. The highest BCUT2D eigenvalue weighted by molar-refractivity contribution is 9.10. The minimum Gasteiger partial charge on any atom is -0.495 e. The minimum absolute atomic E-state index is 0.171. The Morgan fingerprint density at radius 1 is 1.19 bits per heavy atom. The van der Waals surface area contributed by atoms with Crippen molar-refractivity contribution in [2.45, 2.75) is 27.3 Å². The van der Waals surface area contributed by atoms with E-state index in [1.165, 1.54) is 0 Å². The van der Waals surface area contributed by atoms with Crippen LogP contribution in [0.15, 0.2) is 46.9 Å². The molecule has 1 amide bonds. The fourth-order valence-electron chi connectivity index (χ4n) is 2.93. The smallest absolute Gasteiger partial charge is 0.255 e. The second kappa shape index (κ2) is 7.96. The Kier molecular flexibility index (Phi) is 5.65.